The summed E-state index contributed by atoms with van der Waals surface area (Å²) < 4.78 is 49.7. The molecule has 1 aliphatic rings. The van der Waals surface area contributed by atoms with Crippen molar-refractivity contribution >= 4 is 35.8 Å². The number of ether oxygens (including phenoxy) is 1. The van der Waals surface area contributed by atoms with Gasteiger partial charge < -0.3 is 24.7 Å². The van der Waals surface area contributed by atoms with Crippen LogP contribution in [0, 0.1) is 0 Å². The van der Waals surface area contributed by atoms with Crippen LogP contribution in [0.1, 0.15) is 27.8 Å². The lowest BCUT2D eigenvalue weighted by Gasteiger charge is -2.35. The molecule has 1 amide bonds. The maximum absolute atomic E-state index is 13.0. The number of halogens is 4. The summed E-state index contributed by atoms with van der Waals surface area (Å²) in [4.78, 5) is 18.0. The molecule has 1 atom stereocenters. The first-order chi connectivity index (χ1) is 14.4. The lowest BCUT2D eigenvalue weighted by atomic mass is 10.0. The van der Waals surface area contributed by atoms with Crippen LogP contribution in [-0.2, 0) is 10.9 Å². The van der Waals surface area contributed by atoms with Gasteiger partial charge in [-0.3, -0.25) is 9.79 Å². The van der Waals surface area contributed by atoms with E-state index in [1.165, 1.54) is 12.3 Å². The van der Waals surface area contributed by atoms with Gasteiger partial charge in [-0.2, -0.15) is 13.2 Å². The Morgan fingerprint density at radius 1 is 1.23 bits per heavy atom. The fraction of sp³-hybridized carbons (Fsp3) is 0.400. The number of guanidine groups is 1. The van der Waals surface area contributed by atoms with E-state index in [0.29, 0.717) is 44.3 Å². The Hall–Kier alpha value is -2.28. The first-order valence-electron chi connectivity index (χ1n) is 9.44. The molecule has 170 valence electrons. The van der Waals surface area contributed by atoms with Gasteiger partial charge in [0.2, 0.25) is 0 Å². The maximum Gasteiger partial charge on any atom is 0.416 e. The summed E-state index contributed by atoms with van der Waals surface area (Å²) in [5, 5.41) is 5.86. The Labute approximate surface area is 195 Å². The number of carbonyl (C=O) groups is 1. The lowest BCUT2D eigenvalue weighted by Crippen LogP contribution is -2.49. The van der Waals surface area contributed by atoms with Gasteiger partial charge in [0, 0.05) is 26.7 Å². The third-order valence-electron chi connectivity index (χ3n) is 4.60. The fourth-order valence-electron chi connectivity index (χ4n) is 3.14. The minimum absolute atomic E-state index is 0. The Morgan fingerprint density at radius 2 is 2.00 bits per heavy atom. The number of amides is 1. The molecule has 0 saturated carbocycles. The number of benzene rings is 1. The van der Waals surface area contributed by atoms with E-state index in [2.05, 4.69) is 15.6 Å². The van der Waals surface area contributed by atoms with E-state index >= 15 is 0 Å². The summed E-state index contributed by atoms with van der Waals surface area (Å²) >= 11 is 0. The Balaban J connectivity index is 0.00000341. The number of nitrogens with one attached hydrogen (secondary N) is 2. The van der Waals surface area contributed by atoms with Crippen molar-refractivity contribution in [3.63, 3.8) is 0 Å². The van der Waals surface area contributed by atoms with Gasteiger partial charge in [0.1, 0.15) is 6.10 Å². The molecule has 0 aliphatic carbocycles. The Bertz CT molecular complexity index is 875. The molecular weight excluding hydrogens is 528 g/mol. The highest BCUT2D eigenvalue weighted by atomic mass is 127. The van der Waals surface area contributed by atoms with Gasteiger partial charge in [-0.25, -0.2) is 0 Å². The molecular formula is C20H24F3IN4O3. The van der Waals surface area contributed by atoms with Gasteiger partial charge in [0.25, 0.3) is 5.91 Å². The number of hydrogen-bond acceptors (Lipinski definition) is 4. The molecule has 1 saturated heterocycles. The van der Waals surface area contributed by atoms with E-state index in [1.54, 1.807) is 25.2 Å². The number of nitrogens with zero attached hydrogens (tertiary/aromatic N) is 2. The van der Waals surface area contributed by atoms with Crippen molar-refractivity contribution in [2.75, 3.05) is 39.8 Å². The first-order valence-corrected chi connectivity index (χ1v) is 9.44. The van der Waals surface area contributed by atoms with Crippen LogP contribution in [0.3, 0.4) is 0 Å². The standard InChI is InChI=1S/C20H23F3N4O3.HI/c1-24-19(26-8-7-25-18(28)16-6-3-10-29-16)27-9-11-30-17(13-27)14-4-2-5-15(12-14)20(21,22)23;/h2-6,10,12,17H,7-9,11,13H2,1H3,(H,24,26)(H,25,28);1H. The van der Waals surface area contributed by atoms with E-state index in [4.69, 9.17) is 9.15 Å². The highest BCUT2D eigenvalue weighted by Gasteiger charge is 2.32. The third-order valence-corrected chi connectivity index (χ3v) is 4.60. The topological polar surface area (TPSA) is 79.1 Å². The summed E-state index contributed by atoms with van der Waals surface area (Å²) in [5.41, 5.74) is -0.230. The second kappa shape index (κ2) is 11.4. The van der Waals surface area contributed by atoms with Crippen molar-refractivity contribution in [2.45, 2.75) is 12.3 Å². The van der Waals surface area contributed by atoms with Crippen molar-refractivity contribution in [2.24, 2.45) is 4.99 Å². The predicted molar refractivity (Wildman–Crippen MR) is 120 cm³/mol. The van der Waals surface area contributed by atoms with Crippen LogP contribution < -0.4 is 10.6 Å². The predicted octanol–water partition coefficient (Wildman–Crippen LogP) is 3.30. The van der Waals surface area contributed by atoms with Crippen molar-refractivity contribution in [1.82, 2.24) is 15.5 Å². The monoisotopic (exact) mass is 552 g/mol. The van der Waals surface area contributed by atoms with Gasteiger partial charge in [0.15, 0.2) is 11.7 Å². The SMILES string of the molecule is CN=C(NCCNC(=O)c1ccco1)N1CCOC(c2cccc(C(F)(F)F)c2)C1.I. The third kappa shape index (κ3) is 6.86. The summed E-state index contributed by atoms with van der Waals surface area (Å²) in [6, 6.07) is 8.38. The molecule has 31 heavy (non-hydrogen) atoms. The van der Waals surface area contributed by atoms with Crippen LogP contribution >= 0.6 is 24.0 Å². The molecule has 2 aromatic rings. The fourth-order valence-corrected chi connectivity index (χ4v) is 3.14. The summed E-state index contributed by atoms with van der Waals surface area (Å²) in [7, 11) is 1.62. The zero-order chi connectivity index (χ0) is 21.6. The van der Waals surface area contributed by atoms with E-state index in [1.807, 2.05) is 4.90 Å². The molecule has 1 aromatic carbocycles. The number of alkyl halides is 3. The van der Waals surface area contributed by atoms with E-state index < -0.39 is 17.8 Å². The molecule has 0 radical (unpaired) electrons. The van der Waals surface area contributed by atoms with Gasteiger partial charge >= 0.3 is 6.18 Å². The molecule has 1 fully saturated rings. The van der Waals surface area contributed by atoms with Crippen LogP contribution in [-0.4, -0.2) is 56.6 Å². The van der Waals surface area contributed by atoms with Crippen molar-refractivity contribution in [1.29, 1.82) is 0 Å². The normalized spacial score (nSPS) is 17.1. The Morgan fingerprint density at radius 3 is 2.68 bits per heavy atom. The van der Waals surface area contributed by atoms with E-state index in [-0.39, 0.29) is 35.6 Å². The molecule has 2 N–H and O–H groups in total. The molecule has 2 heterocycles. The molecule has 1 unspecified atom stereocenters. The number of furan rings is 1. The molecule has 7 nitrogen and oxygen atoms in total. The lowest BCUT2D eigenvalue weighted by molar-refractivity contribution is -0.137. The van der Waals surface area contributed by atoms with Crippen LogP contribution in [0.4, 0.5) is 13.2 Å². The second-order valence-electron chi connectivity index (χ2n) is 6.64. The van der Waals surface area contributed by atoms with Crippen LogP contribution in [0.15, 0.2) is 52.1 Å². The van der Waals surface area contributed by atoms with Gasteiger partial charge in [-0.1, -0.05) is 12.1 Å². The van der Waals surface area contributed by atoms with Crippen LogP contribution in [0.2, 0.25) is 0 Å². The average Bonchev–Trinajstić information content (AvgIpc) is 3.28. The van der Waals surface area contributed by atoms with Crippen molar-refractivity contribution in [3.8, 4) is 0 Å². The molecule has 11 heteroatoms. The highest BCUT2D eigenvalue weighted by Crippen LogP contribution is 2.32. The number of morpholine rings is 1. The quantitative estimate of drug-likeness (QED) is 0.258. The van der Waals surface area contributed by atoms with Crippen molar-refractivity contribution in [3.05, 3.63) is 59.5 Å². The summed E-state index contributed by atoms with van der Waals surface area (Å²) in [6.07, 6.45) is -3.48. The molecule has 0 spiro atoms. The molecule has 0 bridgehead atoms. The number of rotatable bonds is 5. The highest BCUT2D eigenvalue weighted by molar-refractivity contribution is 14.0. The van der Waals surface area contributed by atoms with Gasteiger partial charge in [-0.05, 0) is 29.8 Å². The smallest absolute Gasteiger partial charge is 0.416 e. The number of aliphatic imine (C=N–C) groups is 1. The first kappa shape index (κ1) is 25.0. The molecule has 1 aromatic heterocycles. The largest absolute Gasteiger partial charge is 0.459 e. The summed E-state index contributed by atoms with van der Waals surface area (Å²) in [5.74, 6) is 0.506. The minimum Gasteiger partial charge on any atom is -0.459 e. The minimum atomic E-state index is -4.40. The van der Waals surface area contributed by atoms with Crippen LogP contribution in [0.5, 0.6) is 0 Å². The second-order valence-corrected chi connectivity index (χ2v) is 6.64. The zero-order valence-electron chi connectivity index (χ0n) is 16.8. The zero-order valence-corrected chi connectivity index (χ0v) is 19.1. The summed E-state index contributed by atoms with van der Waals surface area (Å²) in [6.45, 7) is 2.04. The number of carbonyl (C=O) groups excluding carboxylic acids is 1. The van der Waals surface area contributed by atoms with Crippen molar-refractivity contribution < 1.29 is 27.1 Å². The van der Waals surface area contributed by atoms with Crippen LogP contribution in [0.25, 0.3) is 0 Å². The van der Waals surface area contributed by atoms with Gasteiger partial charge in [-0.15, -0.1) is 24.0 Å². The average molecular weight is 552 g/mol. The van der Waals surface area contributed by atoms with Gasteiger partial charge in [0.05, 0.1) is 25.0 Å². The van der Waals surface area contributed by atoms with E-state index in [0.717, 1.165) is 12.1 Å². The van der Waals surface area contributed by atoms with E-state index in [9.17, 15) is 18.0 Å². The number of hydrogen-bond donors (Lipinski definition) is 2. The maximum atomic E-state index is 13.0. The Kier molecular flexibility index (Phi) is 9.16. The molecule has 3 rings (SSSR count). The molecule has 1 aliphatic heterocycles.